The highest BCUT2D eigenvalue weighted by atomic mass is 14.0. The summed E-state index contributed by atoms with van der Waals surface area (Å²) in [6.07, 6.45) is 7.44. The van der Waals surface area contributed by atoms with Crippen molar-refractivity contribution >= 4 is 0 Å². The Hall–Kier alpha value is -3.22. The van der Waals surface area contributed by atoms with Crippen molar-refractivity contribution in [1.82, 2.24) is 0 Å². The van der Waals surface area contributed by atoms with Gasteiger partial charge in [0.05, 0.1) is 0 Å². The van der Waals surface area contributed by atoms with Gasteiger partial charge in [0.25, 0.3) is 0 Å². The van der Waals surface area contributed by atoms with E-state index in [-0.39, 0.29) is 0 Å². The van der Waals surface area contributed by atoms with Crippen molar-refractivity contribution in [3.63, 3.8) is 0 Å². The van der Waals surface area contributed by atoms with Crippen LogP contribution < -0.4 is 0 Å². The molecule has 0 nitrogen and oxygen atoms in total. The predicted molar refractivity (Wildman–Crippen MR) is 133 cm³/mol. The van der Waals surface area contributed by atoms with E-state index in [1.807, 2.05) is 0 Å². The number of unbranched alkanes of at least 4 members (excludes halogenated alkanes) is 3. The zero-order valence-corrected chi connectivity index (χ0v) is 19.1. The van der Waals surface area contributed by atoms with Gasteiger partial charge in [0.1, 0.15) is 0 Å². The van der Waals surface area contributed by atoms with Crippen molar-refractivity contribution in [3.05, 3.63) is 106 Å². The number of hydrogen-bond donors (Lipinski definition) is 0. The minimum Gasteiger partial charge on any atom is -0.0654 e. The van der Waals surface area contributed by atoms with Gasteiger partial charge in [-0.3, -0.25) is 0 Å². The fourth-order valence-corrected chi connectivity index (χ4v) is 3.50. The monoisotopic (exact) mass is 404 g/mol. The molecule has 0 heteroatoms. The van der Waals surface area contributed by atoms with Crippen LogP contribution in [0, 0.1) is 30.6 Å². The van der Waals surface area contributed by atoms with Gasteiger partial charge in [0.2, 0.25) is 0 Å². The first kappa shape index (κ1) is 22.5. The van der Waals surface area contributed by atoms with Crippen LogP contribution in [0.3, 0.4) is 0 Å². The second kappa shape index (κ2) is 11.8. The molecule has 0 fully saturated rings. The summed E-state index contributed by atoms with van der Waals surface area (Å²) in [5.41, 5.74) is 8.10. The van der Waals surface area contributed by atoms with Crippen LogP contribution in [-0.4, -0.2) is 0 Å². The van der Waals surface area contributed by atoms with E-state index in [1.165, 1.54) is 36.8 Å². The normalized spacial score (nSPS) is 10.0. The van der Waals surface area contributed by atoms with Crippen LogP contribution in [0.25, 0.3) is 0 Å². The molecule has 0 aliphatic heterocycles. The molecule has 0 bridgehead atoms. The van der Waals surface area contributed by atoms with Gasteiger partial charge in [0, 0.05) is 22.3 Å². The Labute approximate surface area is 188 Å². The molecule has 0 radical (unpaired) electrons. The molecule has 3 aromatic rings. The zero-order valence-electron chi connectivity index (χ0n) is 19.1. The quantitative estimate of drug-likeness (QED) is 0.295. The molecule has 3 aromatic carbocycles. The smallest absolute Gasteiger partial charge is 0.0279 e. The van der Waals surface area contributed by atoms with Gasteiger partial charge < -0.3 is 0 Å². The third-order valence-electron chi connectivity index (χ3n) is 5.55. The highest BCUT2D eigenvalue weighted by Gasteiger charge is 1.97. The molecule has 0 amide bonds. The van der Waals surface area contributed by atoms with Crippen molar-refractivity contribution in [2.75, 3.05) is 0 Å². The molecule has 0 saturated heterocycles. The van der Waals surface area contributed by atoms with E-state index in [0.29, 0.717) is 0 Å². The lowest BCUT2D eigenvalue weighted by atomic mass is 10.0. The summed E-state index contributed by atoms with van der Waals surface area (Å²) < 4.78 is 0. The molecule has 0 N–H and O–H groups in total. The Balaban J connectivity index is 1.63. The van der Waals surface area contributed by atoms with Crippen molar-refractivity contribution in [3.8, 4) is 23.7 Å². The van der Waals surface area contributed by atoms with Gasteiger partial charge in [-0.2, -0.15) is 0 Å². The van der Waals surface area contributed by atoms with Crippen molar-refractivity contribution in [1.29, 1.82) is 0 Å². The van der Waals surface area contributed by atoms with E-state index >= 15 is 0 Å². The summed E-state index contributed by atoms with van der Waals surface area (Å²) in [5.74, 6) is 13.2. The maximum absolute atomic E-state index is 3.30. The Bertz CT molecular complexity index is 1090. The molecule has 0 aliphatic rings. The second-order valence-electron chi connectivity index (χ2n) is 8.09. The van der Waals surface area contributed by atoms with E-state index < -0.39 is 0 Å². The second-order valence-corrected chi connectivity index (χ2v) is 8.09. The largest absolute Gasteiger partial charge is 0.0654 e. The highest BCUT2D eigenvalue weighted by molar-refractivity contribution is 5.51. The van der Waals surface area contributed by atoms with Crippen molar-refractivity contribution in [2.45, 2.75) is 59.3 Å². The number of rotatable bonds is 6. The standard InChI is InChI=1S/C31H32/c1-4-6-7-8-9-27-14-16-28(17-15-27)18-19-30-21-23-31(25(3)24-30)22-20-29-12-10-26(5-2)11-13-29/h10-17,21,23-24H,4-9H2,1-3H3. The lowest BCUT2D eigenvalue weighted by Crippen LogP contribution is -1.87. The summed E-state index contributed by atoms with van der Waals surface area (Å²) in [7, 11) is 0. The van der Waals surface area contributed by atoms with Gasteiger partial charge in [0.15, 0.2) is 0 Å². The molecule has 3 rings (SSSR count). The minimum atomic E-state index is 1.03. The summed E-state index contributed by atoms with van der Waals surface area (Å²) in [6, 6.07) is 23.5. The van der Waals surface area contributed by atoms with Crippen LogP contribution in [0.15, 0.2) is 66.7 Å². The summed E-state index contributed by atoms with van der Waals surface area (Å²) >= 11 is 0. The van der Waals surface area contributed by atoms with Gasteiger partial charge in [-0.25, -0.2) is 0 Å². The maximum Gasteiger partial charge on any atom is 0.0279 e. The van der Waals surface area contributed by atoms with Crippen LogP contribution in [0.4, 0.5) is 0 Å². The lowest BCUT2D eigenvalue weighted by molar-refractivity contribution is 0.667. The van der Waals surface area contributed by atoms with E-state index in [2.05, 4.69) is 111 Å². The Morgan fingerprint density at radius 2 is 1.16 bits per heavy atom. The van der Waals surface area contributed by atoms with Crippen molar-refractivity contribution < 1.29 is 0 Å². The van der Waals surface area contributed by atoms with E-state index in [0.717, 1.165) is 40.7 Å². The van der Waals surface area contributed by atoms with E-state index in [4.69, 9.17) is 0 Å². The minimum absolute atomic E-state index is 1.03. The van der Waals surface area contributed by atoms with Crippen LogP contribution >= 0.6 is 0 Å². The first-order valence-corrected chi connectivity index (χ1v) is 11.5. The summed E-state index contributed by atoms with van der Waals surface area (Å²) in [5, 5.41) is 0. The van der Waals surface area contributed by atoms with Gasteiger partial charge in [-0.1, -0.05) is 81.1 Å². The van der Waals surface area contributed by atoms with Gasteiger partial charge in [-0.15, -0.1) is 0 Å². The maximum atomic E-state index is 3.30. The van der Waals surface area contributed by atoms with E-state index in [1.54, 1.807) is 0 Å². The topological polar surface area (TPSA) is 0 Å². The van der Waals surface area contributed by atoms with E-state index in [9.17, 15) is 0 Å². The molecule has 0 atom stereocenters. The highest BCUT2D eigenvalue weighted by Crippen LogP contribution is 2.12. The SMILES string of the molecule is CCCCCCc1ccc(C#Cc2ccc(C#Cc3ccc(CC)cc3)c(C)c2)cc1. The molecular formula is C31H32. The Kier molecular flexibility index (Phi) is 8.58. The van der Waals surface area contributed by atoms with Crippen molar-refractivity contribution in [2.24, 2.45) is 0 Å². The average molecular weight is 405 g/mol. The van der Waals surface area contributed by atoms with Crippen LogP contribution in [0.2, 0.25) is 0 Å². The fraction of sp³-hybridized carbons (Fsp3) is 0.290. The molecule has 0 unspecified atom stereocenters. The van der Waals surface area contributed by atoms with Crippen LogP contribution in [0.1, 0.15) is 78.5 Å². The molecule has 0 aromatic heterocycles. The molecule has 0 spiro atoms. The summed E-state index contributed by atoms with van der Waals surface area (Å²) in [6.45, 7) is 6.52. The molecule has 0 heterocycles. The Morgan fingerprint density at radius 3 is 1.77 bits per heavy atom. The molecule has 156 valence electrons. The zero-order chi connectivity index (χ0) is 21.9. The molecular weight excluding hydrogens is 372 g/mol. The number of aryl methyl sites for hydroxylation is 3. The molecule has 31 heavy (non-hydrogen) atoms. The molecule has 0 aliphatic carbocycles. The lowest BCUT2D eigenvalue weighted by Gasteiger charge is -2.01. The van der Waals surface area contributed by atoms with Gasteiger partial charge in [-0.05, 0) is 85.3 Å². The fourth-order valence-electron chi connectivity index (χ4n) is 3.50. The van der Waals surface area contributed by atoms with Gasteiger partial charge >= 0.3 is 0 Å². The predicted octanol–water partition coefficient (Wildman–Crippen LogP) is 7.48. The van der Waals surface area contributed by atoms with Crippen LogP contribution in [-0.2, 0) is 12.8 Å². The average Bonchev–Trinajstić information content (AvgIpc) is 2.81. The summed E-state index contributed by atoms with van der Waals surface area (Å²) in [4.78, 5) is 0. The molecule has 0 saturated carbocycles. The Morgan fingerprint density at radius 1 is 0.581 bits per heavy atom. The first-order valence-electron chi connectivity index (χ1n) is 11.5. The first-order chi connectivity index (χ1) is 15.2. The van der Waals surface area contributed by atoms with Crippen LogP contribution in [0.5, 0.6) is 0 Å². The number of benzene rings is 3. The third-order valence-corrected chi connectivity index (χ3v) is 5.55. The number of hydrogen-bond acceptors (Lipinski definition) is 0. The third kappa shape index (κ3) is 7.20.